The zero-order valence-electron chi connectivity index (χ0n) is 10.3. The van der Waals surface area contributed by atoms with E-state index in [4.69, 9.17) is 5.73 Å². The minimum atomic E-state index is -0.865. The molecule has 2 nitrogen and oxygen atoms in total. The van der Waals surface area contributed by atoms with Gasteiger partial charge in [-0.25, -0.2) is 8.78 Å². The minimum Gasteiger partial charge on any atom is -0.397 e. The largest absolute Gasteiger partial charge is 0.397 e. The van der Waals surface area contributed by atoms with Gasteiger partial charge in [0.2, 0.25) is 0 Å². The van der Waals surface area contributed by atoms with Crippen molar-refractivity contribution in [3.05, 3.63) is 23.8 Å². The number of nitrogens with two attached hydrogens (primary N) is 1. The fraction of sp³-hybridized carbons (Fsp3) is 0.571. The minimum absolute atomic E-state index is 0.349. The van der Waals surface area contributed by atoms with Crippen LogP contribution in [-0.2, 0) is 0 Å². The Bertz CT molecular complexity index is 461. The molecule has 1 aliphatic carbocycles. The number of hydrogen-bond donors (Lipinski definition) is 1. The van der Waals surface area contributed by atoms with Crippen LogP contribution < -0.4 is 10.6 Å². The molecule has 1 aromatic rings. The Labute approximate surface area is 106 Å². The SMILES string of the molecule is Nc1cc(F)c(F)cc1N1CCCC2CCCC21. The molecule has 2 fully saturated rings. The van der Waals surface area contributed by atoms with Crippen molar-refractivity contribution in [3.8, 4) is 0 Å². The zero-order valence-corrected chi connectivity index (χ0v) is 10.3. The summed E-state index contributed by atoms with van der Waals surface area (Å²) in [6.07, 6.45) is 5.99. The van der Waals surface area contributed by atoms with Crippen molar-refractivity contribution in [2.75, 3.05) is 17.2 Å². The van der Waals surface area contributed by atoms with Gasteiger partial charge in [0.1, 0.15) is 0 Å². The molecule has 1 saturated carbocycles. The average Bonchev–Trinajstić information content (AvgIpc) is 2.82. The van der Waals surface area contributed by atoms with E-state index >= 15 is 0 Å². The maximum atomic E-state index is 13.4. The molecule has 0 bridgehead atoms. The van der Waals surface area contributed by atoms with Crippen LogP contribution in [0.25, 0.3) is 0 Å². The number of nitrogen functional groups attached to an aromatic ring is 1. The molecule has 2 atom stereocenters. The van der Waals surface area contributed by atoms with Crippen molar-refractivity contribution >= 4 is 11.4 Å². The number of fused-ring (bicyclic) bond motifs is 1. The highest BCUT2D eigenvalue weighted by molar-refractivity contribution is 5.68. The third-order valence-corrected chi connectivity index (χ3v) is 4.37. The standard InChI is InChI=1S/C14H18F2N2/c15-10-7-12(17)14(8-11(10)16)18-6-2-4-9-3-1-5-13(9)18/h7-9,13H,1-6,17H2. The maximum absolute atomic E-state index is 13.4. The molecule has 0 spiro atoms. The second-order valence-electron chi connectivity index (χ2n) is 5.42. The summed E-state index contributed by atoms with van der Waals surface area (Å²) in [6.45, 7) is 0.899. The normalized spacial score (nSPS) is 27.3. The third kappa shape index (κ3) is 1.84. The lowest BCUT2D eigenvalue weighted by Crippen LogP contribution is -2.43. The Balaban J connectivity index is 1.96. The van der Waals surface area contributed by atoms with Gasteiger partial charge in [0.05, 0.1) is 11.4 Å². The number of nitrogens with zero attached hydrogens (tertiary/aromatic N) is 1. The number of benzene rings is 1. The predicted molar refractivity (Wildman–Crippen MR) is 68.5 cm³/mol. The average molecular weight is 252 g/mol. The second kappa shape index (κ2) is 4.41. The maximum Gasteiger partial charge on any atom is 0.161 e. The van der Waals surface area contributed by atoms with Crippen molar-refractivity contribution in [1.82, 2.24) is 0 Å². The summed E-state index contributed by atoms with van der Waals surface area (Å²) in [7, 11) is 0. The second-order valence-corrected chi connectivity index (χ2v) is 5.42. The molecule has 0 amide bonds. The van der Waals surface area contributed by atoms with Crippen molar-refractivity contribution in [1.29, 1.82) is 0 Å². The van der Waals surface area contributed by atoms with Crippen LogP contribution in [0.5, 0.6) is 0 Å². The van der Waals surface area contributed by atoms with Crippen LogP contribution in [0.3, 0.4) is 0 Å². The number of hydrogen-bond acceptors (Lipinski definition) is 2. The van der Waals surface area contributed by atoms with E-state index in [1.165, 1.54) is 25.3 Å². The van der Waals surface area contributed by atoms with Gasteiger partial charge in [-0.1, -0.05) is 6.42 Å². The molecule has 2 aliphatic rings. The highest BCUT2D eigenvalue weighted by Gasteiger charge is 2.35. The van der Waals surface area contributed by atoms with Crippen LogP contribution >= 0.6 is 0 Å². The monoisotopic (exact) mass is 252 g/mol. The van der Waals surface area contributed by atoms with Crippen LogP contribution in [0.4, 0.5) is 20.2 Å². The van der Waals surface area contributed by atoms with Crippen molar-refractivity contribution in [3.63, 3.8) is 0 Å². The van der Waals surface area contributed by atoms with Gasteiger partial charge >= 0.3 is 0 Å². The van der Waals surface area contributed by atoms with Crippen LogP contribution in [0.15, 0.2) is 12.1 Å². The van der Waals surface area contributed by atoms with E-state index in [9.17, 15) is 8.78 Å². The van der Waals surface area contributed by atoms with Crippen LogP contribution in [0.1, 0.15) is 32.1 Å². The van der Waals surface area contributed by atoms with E-state index in [1.807, 2.05) is 0 Å². The molecule has 18 heavy (non-hydrogen) atoms. The van der Waals surface area contributed by atoms with Crippen molar-refractivity contribution in [2.45, 2.75) is 38.1 Å². The van der Waals surface area contributed by atoms with E-state index in [2.05, 4.69) is 4.90 Å². The third-order valence-electron chi connectivity index (χ3n) is 4.37. The summed E-state index contributed by atoms with van der Waals surface area (Å²) in [4.78, 5) is 2.19. The van der Waals surface area contributed by atoms with Gasteiger partial charge in [-0.15, -0.1) is 0 Å². The van der Waals surface area contributed by atoms with Gasteiger partial charge in [0.15, 0.2) is 11.6 Å². The molecule has 1 heterocycles. The van der Waals surface area contributed by atoms with E-state index in [1.54, 1.807) is 0 Å². The van der Waals surface area contributed by atoms with Gasteiger partial charge in [0, 0.05) is 24.7 Å². The topological polar surface area (TPSA) is 29.3 Å². The van der Waals surface area contributed by atoms with E-state index < -0.39 is 11.6 Å². The molecule has 0 aromatic heterocycles. The van der Waals surface area contributed by atoms with Crippen LogP contribution in [-0.4, -0.2) is 12.6 Å². The van der Waals surface area contributed by atoms with Crippen LogP contribution in [0, 0.1) is 17.6 Å². The number of rotatable bonds is 1. The smallest absolute Gasteiger partial charge is 0.161 e. The van der Waals surface area contributed by atoms with E-state index in [0.29, 0.717) is 23.3 Å². The Hall–Kier alpha value is -1.32. The Morgan fingerprint density at radius 3 is 2.61 bits per heavy atom. The summed E-state index contributed by atoms with van der Waals surface area (Å²) in [5.74, 6) is -0.971. The highest BCUT2D eigenvalue weighted by atomic mass is 19.2. The highest BCUT2D eigenvalue weighted by Crippen LogP contribution is 2.41. The van der Waals surface area contributed by atoms with E-state index in [0.717, 1.165) is 25.5 Å². The molecular formula is C14H18F2N2. The lowest BCUT2D eigenvalue weighted by Gasteiger charge is -2.40. The van der Waals surface area contributed by atoms with Crippen molar-refractivity contribution < 1.29 is 8.78 Å². The van der Waals surface area contributed by atoms with Gasteiger partial charge in [-0.3, -0.25) is 0 Å². The summed E-state index contributed by atoms with van der Waals surface area (Å²) in [5, 5.41) is 0. The summed E-state index contributed by atoms with van der Waals surface area (Å²) < 4.78 is 26.5. The van der Waals surface area contributed by atoms with Gasteiger partial charge in [0.25, 0.3) is 0 Å². The molecule has 98 valence electrons. The van der Waals surface area contributed by atoms with Crippen LogP contribution in [0.2, 0.25) is 0 Å². The van der Waals surface area contributed by atoms with Gasteiger partial charge in [-0.2, -0.15) is 0 Å². The lowest BCUT2D eigenvalue weighted by atomic mass is 9.91. The number of anilines is 2. The fourth-order valence-corrected chi connectivity index (χ4v) is 3.55. The molecule has 3 rings (SSSR count). The first-order chi connectivity index (χ1) is 8.66. The molecule has 1 saturated heterocycles. The van der Waals surface area contributed by atoms with Crippen molar-refractivity contribution in [2.24, 2.45) is 5.92 Å². The first kappa shape index (κ1) is 11.8. The molecule has 2 N–H and O–H groups in total. The number of piperidine rings is 1. The van der Waals surface area contributed by atoms with E-state index in [-0.39, 0.29) is 0 Å². The molecule has 4 heteroatoms. The molecule has 1 aromatic carbocycles. The molecule has 0 radical (unpaired) electrons. The Morgan fingerprint density at radius 2 is 1.78 bits per heavy atom. The first-order valence-electron chi connectivity index (χ1n) is 6.68. The molecular weight excluding hydrogens is 234 g/mol. The predicted octanol–water partition coefficient (Wildman–Crippen LogP) is 3.32. The quantitative estimate of drug-likeness (QED) is 0.777. The first-order valence-corrected chi connectivity index (χ1v) is 6.68. The summed E-state index contributed by atoms with van der Waals surface area (Å²) in [5.41, 5.74) is 6.88. The Morgan fingerprint density at radius 1 is 1.06 bits per heavy atom. The van der Waals surface area contributed by atoms with Gasteiger partial charge < -0.3 is 10.6 Å². The summed E-state index contributed by atoms with van der Waals surface area (Å²) >= 11 is 0. The molecule has 2 unspecified atom stereocenters. The fourth-order valence-electron chi connectivity index (χ4n) is 3.55. The molecule has 1 aliphatic heterocycles. The Kier molecular flexibility index (Phi) is 2.88. The van der Waals surface area contributed by atoms with Gasteiger partial charge in [-0.05, 0) is 31.6 Å². The zero-order chi connectivity index (χ0) is 12.7. The summed E-state index contributed by atoms with van der Waals surface area (Å²) in [6, 6.07) is 2.82. The lowest BCUT2D eigenvalue weighted by molar-refractivity contribution is 0.362. The number of halogens is 2.